The van der Waals surface area contributed by atoms with Crippen molar-refractivity contribution >= 4 is 11.6 Å². The van der Waals surface area contributed by atoms with Crippen LogP contribution in [-0.2, 0) is 6.54 Å². The largest absolute Gasteiger partial charge is 0.329 e. The molecule has 1 unspecified atom stereocenters. The monoisotopic (exact) mass is 311 g/mol. The van der Waals surface area contributed by atoms with Crippen LogP contribution in [0.4, 0.5) is 0 Å². The second-order valence-corrected chi connectivity index (χ2v) is 6.85. The fourth-order valence-electron chi connectivity index (χ4n) is 3.73. The first-order valence-electron chi connectivity index (χ1n) is 7.77. The molecule has 2 aliphatic rings. The molecule has 3 rings (SSSR count). The third kappa shape index (κ3) is 2.94. The van der Waals surface area contributed by atoms with Gasteiger partial charge in [0.05, 0.1) is 5.56 Å². The highest BCUT2D eigenvalue weighted by molar-refractivity contribution is 6.30. The lowest BCUT2D eigenvalue weighted by Gasteiger charge is -2.16. The van der Waals surface area contributed by atoms with Crippen molar-refractivity contribution in [2.45, 2.75) is 44.6 Å². The molecule has 0 amide bonds. The normalized spacial score (nSPS) is 24.0. The van der Waals surface area contributed by atoms with Gasteiger partial charge in [0, 0.05) is 13.1 Å². The van der Waals surface area contributed by atoms with Gasteiger partial charge in [0.2, 0.25) is 0 Å². The number of aromatic nitrogens is 2. The first-order chi connectivity index (χ1) is 10.1. The van der Waals surface area contributed by atoms with Gasteiger partial charge in [0.1, 0.15) is 5.15 Å². The molecule has 1 aliphatic carbocycles. The van der Waals surface area contributed by atoms with Gasteiger partial charge in [0.25, 0.3) is 5.56 Å². The van der Waals surface area contributed by atoms with Gasteiger partial charge in [-0.25, -0.2) is 4.79 Å². The maximum Gasteiger partial charge on any atom is 0.329 e. The number of nitrogens with one attached hydrogen (secondary N) is 1. The number of aromatic amines is 1. The molecule has 1 saturated carbocycles. The highest BCUT2D eigenvalue weighted by Gasteiger charge is 2.27. The molecule has 2 heterocycles. The van der Waals surface area contributed by atoms with E-state index in [9.17, 15) is 9.59 Å². The Morgan fingerprint density at radius 2 is 1.95 bits per heavy atom. The van der Waals surface area contributed by atoms with E-state index in [0.717, 1.165) is 45.2 Å². The van der Waals surface area contributed by atoms with Crippen LogP contribution >= 0.6 is 11.6 Å². The minimum atomic E-state index is -0.374. The molecule has 0 radical (unpaired) electrons. The molecule has 5 nitrogen and oxygen atoms in total. The molecule has 1 aromatic heterocycles. The first-order valence-corrected chi connectivity index (χ1v) is 8.15. The summed E-state index contributed by atoms with van der Waals surface area (Å²) in [6.45, 7) is 2.46. The van der Waals surface area contributed by atoms with Gasteiger partial charge >= 0.3 is 5.69 Å². The summed E-state index contributed by atoms with van der Waals surface area (Å²) in [5.41, 5.74) is 0.0756. The molecule has 21 heavy (non-hydrogen) atoms. The number of rotatable bonds is 3. The standard InChI is InChI=1S/C15H22ClN3O2/c1-18-7-6-10(8-18)9-19-14(20)12(11-4-2-3-5-11)13(16)17-15(19)21/h10-11H,2-9H2,1H3,(H,17,21). The Kier molecular flexibility index (Phi) is 4.22. The summed E-state index contributed by atoms with van der Waals surface area (Å²) in [5.74, 6) is 0.575. The van der Waals surface area contributed by atoms with E-state index >= 15 is 0 Å². The molecule has 0 bridgehead atoms. The molecule has 6 heteroatoms. The summed E-state index contributed by atoms with van der Waals surface area (Å²) in [5, 5.41) is 0.247. The van der Waals surface area contributed by atoms with E-state index in [-0.39, 0.29) is 22.3 Å². The van der Waals surface area contributed by atoms with Gasteiger partial charge in [-0.05, 0) is 44.7 Å². The summed E-state index contributed by atoms with van der Waals surface area (Å²) in [6.07, 6.45) is 5.28. The van der Waals surface area contributed by atoms with Crippen molar-refractivity contribution in [3.63, 3.8) is 0 Å². The van der Waals surface area contributed by atoms with E-state index in [4.69, 9.17) is 11.6 Å². The molecule has 1 saturated heterocycles. The molecular weight excluding hydrogens is 290 g/mol. The van der Waals surface area contributed by atoms with E-state index in [1.165, 1.54) is 4.57 Å². The van der Waals surface area contributed by atoms with E-state index in [1.807, 2.05) is 0 Å². The zero-order valence-corrected chi connectivity index (χ0v) is 13.2. The summed E-state index contributed by atoms with van der Waals surface area (Å²) in [7, 11) is 2.07. The summed E-state index contributed by atoms with van der Waals surface area (Å²) >= 11 is 6.15. The van der Waals surface area contributed by atoms with Crippen molar-refractivity contribution in [1.29, 1.82) is 0 Å². The molecule has 0 spiro atoms. The minimum absolute atomic E-state index is 0.176. The lowest BCUT2D eigenvalue weighted by molar-refractivity contribution is 0.371. The molecule has 1 N–H and O–H groups in total. The zero-order valence-electron chi connectivity index (χ0n) is 12.4. The predicted octanol–water partition coefficient (Wildman–Crippen LogP) is 1.80. The number of H-pyrrole nitrogens is 1. The van der Waals surface area contributed by atoms with Gasteiger partial charge in [0.15, 0.2) is 0 Å². The number of nitrogens with zero attached hydrogens (tertiary/aromatic N) is 2. The van der Waals surface area contributed by atoms with Crippen LogP contribution in [0.15, 0.2) is 9.59 Å². The van der Waals surface area contributed by atoms with Crippen molar-refractivity contribution in [3.8, 4) is 0 Å². The topological polar surface area (TPSA) is 58.1 Å². The Balaban J connectivity index is 1.94. The van der Waals surface area contributed by atoms with Crippen molar-refractivity contribution in [1.82, 2.24) is 14.5 Å². The van der Waals surface area contributed by atoms with Gasteiger partial charge in [-0.2, -0.15) is 0 Å². The van der Waals surface area contributed by atoms with Crippen molar-refractivity contribution < 1.29 is 0 Å². The molecule has 0 aromatic carbocycles. The Morgan fingerprint density at radius 3 is 2.57 bits per heavy atom. The first kappa shape index (κ1) is 14.9. The predicted molar refractivity (Wildman–Crippen MR) is 83.1 cm³/mol. The highest BCUT2D eigenvalue weighted by atomic mass is 35.5. The van der Waals surface area contributed by atoms with Crippen LogP contribution in [0.25, 0.3) is 0 Å². The number of hydrogen-bond donors (Lipinski definition) is 1. The molecule has 1 aromatic rings. The van der Waals surface area contributed by atoms with Gasteiger partial charge in [-0.1, -0.05) is 24.4 Å². The zero-order chi connectivity index (χ0) is 15.0. The minimum Gasteiger partial charge on any atom is -0.306 e. The van der Waals surface area contributed by atoms with Crippen LogP contribution in [-0.4, -0.2) is 34.6 Å². The van der Waals surface area contributed by atoms with Crippen LogP contribution in [0, 0.1) is 5.92 Å². The maximum atomic E-state index is 12.7. The molecule has 1 atom stereocenters. The summed E-state index contributed by atoms with van der Waals surface area (Å²) in [4.78, 5) is 29.7. The molecule has 2 fully saturated rings. The second kappa shape index (κ2) is 5.97. The van der Waals surface area contributed by atoms with Crippen LogP contribution in [0.5, 0.6) is 0 Å². The van der Waals surface area contributed by atoms with E-state index in [0.29, 0.717) is 18.0 Å². The highest BCUT2D eigenvalue weighted by Crippen LogP contribution is 2.34. The summed E-state index contributed by atoms with van der Waals surface area (Å²) < 4.78 is 1.36. The summed E-state index contributed by atoms with van der Waals surface area (Å²) in [6, 6.07) is 0. The van der Waals surface area contributed by atoms with E-state index in [2.05, 4.69) is 16.9 Å². The van der Waals surface area contributed by atoms with Crippen molar-refractivity contribution in [2.75, 3.05) is 20.1 Å². The van der Waals surface area contributed by atoms with Crippen LogP contribution in [0.1, 0.15) is 43.6 Å². The van der Waals surface area contributed by atoms with Gasteiger partial charge in [-0.15, -0.1) is 0 Å². The third-order valence-electron chi connectivity index (χ3n) is 4.87. The molecule has 116 valence electrons. The second-order valence-electron chi connectivity index (χ2n) is 6.47. The number of hydrogen-bond acceptors (Lipinski definition) is 3. The van der Waals surface area contributed by atoms with Crippen LogP contribution in [0.2, 0.25) is 5.15 Å². The van der Waals surface area contributed by atoms with Crippen LogP contribution < -0.4 is 11.2 Å². The van der Waals surface area contributed by atoms with Crippen molar-refractivity contribution in [3.05, 3.63) is 31.6 Å². The van der Waals surface area contributed by atoms with E-state index in [1.54, 1.807) is 0 Å². The smallest absolute Gasteiger partial charge is 0.306 e. The Hall–Kier alpha value is -1.07. The van der Waals surface area contributed by atoms with Crippen LogP contribution in [0.3, 0.4) is 0 Å². The lowest BCUT2D eigenvalue weighted by atomic mass is 10.0. The maximum absolute atomic E-state index is 12.7. The van der Waals surface area contributed by atoms with Gasteiger partial charge in [-0.3, -0.25) is 14.3 Å². The van der Waals surface area contributed by atoms with Crippen molar-refractivity contribution in [2.24, 2.45) is 5.92 Å². The Bertz CT molecular complexity index is 631. The average Bonchev–Trinajstić information content (AvgIpc) is 3.06. The lowest BCUT2D eigenvalue weighted by Crippen LogP contribution is -2.40. The van der Waals surface area contributed by atoms with E-state index < -0.39 is 0 Å². The Labute approximate surface area is 128 Å². The molecule has 1 aliphatic heterocycles. The fraction of sp³-hybridized carbons (Fsp3) is 0.733. The SMILES string of the molecule is CN1CCC(Cn2c(=O)[nH]c(Cl)c(C3CCCC3)c2=O)C1. The molecular formula is C15H22ClN3O2. The quantitative estimate of drug-likeness (QED) is 0.866. The third-order valence-corrected chi connectivity index (χ3v) is 5.17. The fourth-order valence-corrected chi connectivity index (χ4v) is 4.04. The Morgan fingerprint density at radius 1 is 1.24 bits per heavy atom. The number of halogens is 1. The van der Waals surface area contributed by atoms with Gasteiger partial charge < -0.3 is 4.90 Å². The average molecular weight is 312 g/mol. The number of likely N-dealkylation sites (tertiary alicyclic amines) is 1.